The molecule has 1 saturated heterocycles. The standard InChI is InChI=1S/C19H19Cl2N5O2S/c1-25(29(27,28)13-6-7-15(20)16(21)12-13)18-14-4-2-3-5-17(14)23-19(24-18)26-10-8-22-9-11-26/h2-7,12,22H,8-11H2,1H3. The van der Waals surface area contributed by atoms with Crippen molar-refractivity contribution in [3.63, 3.8) is 0 Å². The number of para-hydroxylation sites is 1. The summed E-state index contributed by atoms with van der Waals surface area (Å²) in [6.07, 6.45) is 0. The number of anilines is 2. The monoisotopic (exact) mass is 451 g/mol. The van der Waals surface area contributed by atoms with Gasteiger partial charge in [-0.15, -0.1) is 0 Å². The maximum Gasteiger partial charge on any atom is 0.265 e. The number of benzene rings is 2. The third-order valence-electron chi connectivity index (χ3n) is 4.82. The number of aromatic nitrogens is 2. The molecular weight excluding hydrogens is 433 g/mol. The summed E-state index contributed by atoms with van der Waals surface area (Å²) in [5.41, 5.74) is 0.683. The van der Waals surface area contributed by atoms with Gasteiger partial charge in [0.05, 0.1) is 20.5 Å². The van der Waals surface area contributed by atoms with Gasteiger partial charge in [-0.2, -0.15) is 4.98 Å². The zero-order chi connectivity index (χ0) is 20.6. The Bertz CT molecular complexity index is 1170. The van der Waals surface area contributed by atoms with Crippen molar-refractivity contribution < 1.29 is 8.42 Å². The van der Waals surface area contributed by atoms with Gasteiger partial charge in [0.25, 0.3) is 10.0 Å². The Morgan fingerprint density at radius 1 is 1.03 bits per heavy atom. The third-order valence-corrected chi connectivity index (χ3v) is 7.30. The van der Waals surface area contributed by atoms with Crippen LogP contribution in [0.1, 0.15) is 0 Å². The largest absolute Gasteiger partial charge is 0.338 e. The van der Waals surface area contributed by atoms with Crippen LogP contribution in [0.5, 0.6) is 0 Å². The summed E-state index contributed by atoms with van der Waals surface area (Å²) in [5, 5.41) is 4.41. The molecule has 0 radical (unpaired) electrons. The fraction of sp³-hybridized carbons (Fsp3) is 0.263. The van der Waals surface area contributed by atoms with Crippen LogP contribution in [0.3, 0.4) is 0 Å². The van der Waals surface area contributed by atoms with E-state index in [1.54, 1.807) is 0 Å². The number of hydrogen-bond donors (Lipinski definition) is 1. The lowest BCUT2D eigenvalue weighted by molar-refractivity contribution is 0.580. The predicted octanol–water partition coefficient (Wildman–Crippen LogP) is 3.17. The van der Waals surface area contributed by atoms with E-state index in [0.29, 0.717) is 27.7 Å². The highest BCUT2D eigenvalue weighted by Crippen LogP contribution is 2.31. The maximum absolute atomic E-state index is 13.3. The van der Waals surface area contributed by atoms with E-state index in [2.05, 4.69) is 15.3 Å². The maximum atomic E-state index is 13.3. The van der Waals surface area contributed by atoms with Crippen molar-refractivity contribution in [1.29, 1.82) is 0 Å². The summed E-state index contributed by atoms with van der Waals surface area (Å²) in [5.74, 6) is 0.826. The summed E-state index contributed by atoms with van der Waals surface area (Å²) in [4.78, 5) is 11.4. The van der Waals surface area contributed by atoms with Gasteiger partial charge in [-0.1, -0.05) is 35.3 Å². The molecule has 1 aliphatic rings. The molecule has 0 atom stereocenters. The number of sulfonamides is 1. The highest BCUT2D eigenvalue weighted by atomic mass is 35.5. The van der Waals surface area contributed by atoms with Crippen molar-refractivity contribution in [2.75, 3.05) is 42.4 Å². The minimum absolute atomic E-state index is 0.0424. The van der Waals surface area contributed by atoms with E-state index in [9.17, 15) is 8.42 Å². The predicted molar refractivity (Wildman–Crippen MR) is 117 cm³/mol. The van der Waals surface area contributed by atoms with Crippen LogP contribution in [0.2, 0.25) is 10.0 Å². The number of piperazine rings is 1. The van der Waals surface area contributed by atoms with Gasteiger partial charge in [-0.3, -0.25) is 4.31 Å². The average Bonchev–Trinajstić information content (AvgIpc) is 2.74. The quantitative estimate of drug-likeness (QED) is 0.655. The van der Waals surface area contributed by atoms with E-state index in [1.807, 2.05) is 29.2 Å². The first-order valence-electron chi connectivity index (χ1n) is 9.04. The fourth-order valence-corrected chi connectivity index (χ4v) is 4.76. The Labute approximate surface area is 179 Å². The average molecular weight is 452 g/mol. The molecule has 2 aromatic carbocycles. The Morgan fingerprint density at radius 3 is 2.48 bits per heavy atom. The van der Waals surface area contributed by atoms with Gasteiger partial charge in [0.2, 0.25) is 5.95 Å². The second-order valence-electron chi connectivity index (χ2n) is 6.65. The molecule has 2 heterocycles. The third kappa shape index (κ3) is 3.85. The molecule has 0 amide bonds. The first-order chi connectivity index (χ1) is 13.9. The van der Waals surface area contributed by atoms with Gasteiger partial charge in [0.15, 0.2) is 5.82 Å². The molecule has 0 unspecified atom stereocenters. The fourth-order valence-electron chi connectivity index (χ4n) is 3.20. The van der Waals surface area contributed by atoms with Crippen LogP contribution in [0.4, 0.5) is 11.8 Å². The molecule has 4 rings (SSSR count). The second kappa shape index (κ2) is 7.95. The van der Waals surface area contributed by atoms with Crippen molar-refractivity contribution in [1.82, 2.24) is 15.3 Å². The summed E-state index contributed by atoms with van der Waals surface area (Å²) in [6, 6.07) is 11.6. The van der Waals surface area contributed by atoms with Gasteiger partial charge in [-0.05, 0) is 30.3 Å². The van der Waals surface area contributed by atoms with Gasteiger partial charge in [-0.25, -0.2) is 13.4 Å². The summed E-state index contributed by atoms with van der Waals surface area (Å²) < 4.78 is 27.7. The van der Waals surface area contributed by atoms with Gasteiger partial charge >= 0.3 is 0 Å². The van der Waals surface area contributed by atoms with Crippen LogP contribution in [0, 0.1) is 0 Å². The smallest absolute Gasteiger partial charge is 0.265 e. The number of halogens is 2. The number of fused-ring (bicyclic) bond motifs is 1. The molecule has 1 aliphatic heterocycles. The lowest BCUT2D eigenvalue weighted by atomic mass is 10.2. The zero-order valence-electron chi connectivity index (χ0n) is 15.6. The number of rotatable bonds is 4. The number of nitrogens with zero attached hydrogens (tertiary/aromatic N) is 4. The molecular formula is C19H19Cl2N5O2S. The van der Waals surface area contributed by atoms with Crippen LogP contribution < -0.4 is 14.5 Å². The minimum atomic E-state index is -3.90. The molecule has 3 aromatic rings. The zero-order valence-corrected chi connectivity index (χ0v) is 18.0. The van der Waals surface area contributed by atoms with E-state index >= 15 is 0 Å². The molecule has 1 N–H and O–H groups in total. The molecule has 1 aromatic heterocycles. The lowest BCUT2D eigenvalue weighted by Gasteiger charge is -2.29. The topological polar surface area (TPSA) is 78.4 Å². The van der Waals surface area contributed by atoms with Gasteiger partial charge in [0, 0.05) is 38.6 Å². The van der Waals surface area contributed by atoms with Crippen LogP contribution in [0.25, 0.3) is 10.9 Å². The molecule has 0 spiro atoms. The van der Waals surface area contributed by atoms with Crippen LogP contribution in [-0.2, 0) is 10.0 Å². The van der Waals surface area contributed by atoms with Crippen molar-refractivity contribution in [3.05, 3.63) is 52.5 Å². The van der Waals surface area contributed by atoms with Crippen molar-refractivity contribution >= 4 is 55.9 Å². The van der Waals surface area contributed by atoms with E-state index in [-0.39, 0.29) is 9.92 Å². The van der Waals surface area contributed by atoms with Crippen molar-refractivity contribution in [2.45, 2.75) is 4.90 Å². The molecule has 29 heavy (non-hydrogen) atoms. The van der Waals surface area contributed by atoms with Crippen LogP contribution in [0.15, 0.2) is 47.4 Å². The van der Waals surface area contributed by atoms with Crippen LogP contribution >= 0.6 is 23.2 Å². The molecule has 0 bridgehead atoms. The van der Waals surface area contributed by atoms with E-state index in [1.165, 1.54) is 29.6 Å². The molecule has 1 fully saturated rings. The number of nitrogens with one attached hydrogen (secondary N) is 1. The summed E-state index contributed by atoms with van der Waals surface area (Å²) in [6.45, 7) is 3.15. The Balaban J connectivity index is 1.83. The highest BCUT2D eigenvalue weighted by molar-refractivity contribution is 7.92. The van der Waals surface area contributed by atoms with E-state index in [4.69, 9.17) is 23.2 Å². The first kappa shape index (κ1) is 20.2. The Morgan fingerprint density at radius 2 is 1.76 bits per heavy atom. The Hall–Kier alpha value is -2.13. The first-order valence-corrected chi connectivity index (χ1v) is 11.2. The van der Waals surface area contributed by atoms with E-state index < -0.39 is 10.0 Å². The molecule has 7 nitrogen and oxygen atoms in total. The number of hydrogen-bond acceptors (Lipinski definition) is 6. The van der Waals surface area contributed by atoms with Crippen molar-refractivity contribution in [2.24, 2.45) is 0 Å². The normalized spacial score (nSPS) is 14.9. The van der Waals surface area contributed by atoms with Crippen molar-refractivity contribution in [3.8, 4) is 0 Å². The molecule has 0 aliphatic carbocycles. The Kier molecular flexibility index (Phi) is 5.52. The van der Waals surface area contributed by atoms with Crippen LogP contribution in [-0.4, -0.2) is 51.6 Å². The molecule has 152 valence electrons. The second-order valence-corrected chi connectivity index (χ2v) is 9.43. The molecule has 10 heteroatoms. The van der Waals surface area contributed by atoms with Gasteiger partial charge < -0.3 is 10.2 Å². The summed E-state index contributed by atoms with van der Waals surface area (Å²) in [7, 11) is -2.42. The highest BCUT2D eigenvalue weighted by Gasteiger charge is 2.26. The molecule has 0 saturated carbocycles. The minimum Gasteiger partial charge on any atom is -0.338 e. The summed E-state index contributed by atoms with van der Waals surface area (Å²) >= 11 is 12.0. The van der Waals surface area contributed by atoms with Gasteiger partial charge in [0.1, 0.15) is 0 Å². The lowest BCUT2D eigenvalue weighted by Crippen LogP contribution is -2.44. The SMILES string of the molecule is CN(c1nc(N2CCNCC2)nc2ccccc12)S(=O)(=O)c1ccc(Cl)c(Cl)c1. The van der Waals surface area contributed by atoms with E-state index in [0.717, 1.165) is 26.2 Å².